The van der Waals surface area contributed by atoms with Crippen molar-refractivity contribution in [1.29, 1.82) is 0 Å². The Balaban J connectivity index is 1.94. The van der Waals surface area contributed by atoms with E-state index in [2.05, 4.69) is 10.3 Å². The van der Waals surface area contributed by atoms with Gasteiger partial charge in [-0.2, -0.15) is 0 Å². The zero-order valence-corrected chi connectivity index (χ0v) is 10.3. The van der Waals surface area contributed by atoms with Gasteiger partial charge in [0, 0.05) is 18.2 Å². The number of nitrogens with one attached hydrogen (secondary N) is 1. The van der Waals surface area contributed by atoms with E-state index in [9.17, 15) is 5.11 Å². The molecule has 1 aliphatic carbocycles. The Hall–Kier alpha value is -1.29. The fraction of sp³-hybridized carbons (Fsp3) is 0.615. The Morgan fingerprint density at radius 2 is 2.18 bits per heavy atom. The molecule has 4 N–H and O–H groups in total. The first-order valence-corrected chi connectivity index (χ1v) is 6.32. The molecule has 94 valence electrons. The van der Waals surface area contributed by atoms with Crippen molar-refractivity contribution in [3.8, 4) is 0 Å². The van der Waals surface area contributed by atoms with Gasteiger partial charge in [-0.25, -0.2) is 4.98 Å². The number of aromatic nitrogens is 1. The van der Waals surface area contributed by atoms with Crippen LogP contribution >= 0.6 is 0 Å². The van der Waals surface area contributed by atoms with Crippen molar-refractivity contribution < 1.29 is 5.11 Å². The van der Waals surface area contributed by atoms with Crippen LogP contribution in [0.2, 0.25) is 0 Å². The summed E-state index contributed by atoms with van der Waals surface area (Å²) in [6.45, 7) is 2.70. The van der Waals surface area contributed by atoms with Gasteiger partial charge in [0.25, 0.3) is 0 Å². The third-order valence-corrected chi connectivity index (χ3v) is 3.47. The number of anilines is 2. The van der Waals surface area contributed by atoms with Gasteiger partial charge < -0.3 is 16.2 Å². The van der Waals surface area contributed by atoms with E-state index in [4.69, 9.17) is 5.73 Å². The predicted molar refractivity (Wildman–Crippen MR) is 69.8 cm³/mol. The molecule has 1 saturated carbocycles. The van der Waals surface area contributed by atoms with E-state index in [0.717, 1.165) is 37.3 Å². The normalized spacial score (nSPS) is 24.6. The summed E-state index contributed by atoms with van der Waals surface area (Å²) in [5, 5.41) is 13.1. The lowest BCUT2D eigenvalue weighted by molar-refractivity contribution is 0.0763. The molecule has 2 rings (SSSR count). The number of pyridine rings is 1. The van der Waals surface area contributed by atoms with Crippen molar-refractivity contribution in [1.82, 2.24) is 4.98 Å². The van der Waals surface area contributed by atoms with E-state index in [0.29, 0.717) is 11.6 Å². The first kappa shape index (κ1) is 12.2. The van der Waals surface area contributed by atoms with Crippen LogP contribution in [0.4, 0.5) is 11.5 Å². The number of nitrogens with two attached hydrogens (primary N) is 1. The summed E-state index contributed by atoms with van der Waals surface area (Å²) >= 11 is 0. The highest BCUT2D eigenvalue weighted by atomic mass is 16.3. The van der Waals surface area contributed by atoms with E-state index in [1.807, 2.05) is 19.1 Å². The molecule has 1 fully saturated rings. The third kappa shape index (κ3) is 3.09. The summed E-state index contributed by atoms with van der Waals surface area (Å²) in [5.41, 5.74) is 7.47. The summed E-state index contributed by atoms with van der Waals surface area (Å²) < 4.78 is 0. The number of hydrogen-bond donors (Lipinski definition) is 3. The lowest BCUT2D eigenvalue weighted by Crippen LogP contribution is -2.30. The molecule has 2 unspecified atom stereocenters. The first-order chi connectivity index (χ1) is 8.16. The van der Waals surface area contributed by atoms with Crippen LogP contribution in [0, 0.1) is 12.8 Å². The van der Waals surface area contributed by atoms with Crippen LogP contribution in [0.15, 0.2) is 12.1 Å². The largest absolute Gasteiger partial charge is 0.396 e. The molecule has 4 nitrogen and oxygen atoms in total. The summed E-state index contributed by atoms with van der Waals surface area (Å²) in [6.07, 6.45) is 4.17. The van der Waals surface area contributed by atoms with Crippen LogP contribution in [0.1, 0.15) is 31.4 Å². The van der Waals surface area contributed by atoms with Crippen LogP contribution < -0.4 is 11.1 Å². The topological polar surface area (TPSA) is 71.2 Å². The van der Waals surface area contributed by atoms with Gasteiger partial charge in [0.15, 0.2) is 0 Å². The Labute approximate surface area is 102 Å². The van der Waals surface area contributed by atoms with Gasteiger partial charge in [0.1, 0.15) is 5.82 Å². The maximum atomic E-state index is 9.88. The molecule has 0 spiro atoms. The molecule has 1 heterocycles. The van der Waals surface area contributed by atoms with Gasteiger partial charge in [-0.3, -0.25) is 0 Å². The smallest absolute Gasteiger partial charge is 0.149 e. The summed E-state index contributed by atoms with van der Waals surface area (Å²) in [5.74, 6) is 1.06. The van der Waals surface area contributed by atoms with E-state index < -0.39 is 0 Å². The van der Waals surface area contributed by atoms with E-state index in [1.165, 1.54) is 6.42 Å². The second-order valence-corrected chi connectivity index (χ2v) is 4.88. The van der Waals surface area contributed by atoms with Gasteiger partial charge >= 0.3 is 0 Å². The Bertz CT molecular complexity index is 381. The lowest BCUT2D eigenvalue weighted by atomic mass is 9.86. The van der Waals surface area contributed by atoms with Crippen molar-refractivity contribution >= 4 is 11.5 Å². The average Bonchev–Trinajstić information content (AvgIpc) is 2.32. The molecule has 1 aromatic rings. The van der Waals surface area contributed by atoms with Crippen LogP contribution in [0.25, 0.3) is 0 Å². The van der Waals surface area contributed by atoms with E-state index >= 15 is 0 Å². The molecule has 4 heteroatoms. The summed E-state index contributed by atoms with van der Waals surface area (Å²) in [7, 11) is 0. The van der Waals surface area contributed by atoms with Crippen molar-refractivity contribution in [3.05, 3.63) is 17.8 Å². The van der Waals surface area contributed by atoms with Crippen LogP contribution in [0.3, 0.4) is 0 Å². The Kier molecular flexibility index (Phi) is 3.84. The number of nitrogens with zero attached hydrogens (tertiary/aromatic N) is 1. The van der Waals surface area contributed by atoms with E-state index in [-0.39, 0.29) is 6.10 Å². The van der Waals surface area contributed by atoms with E-state index in [1.54, 1.807) is 0 Å². The average molecular weight is 235 g/mol. The number of hydrogen-bond acceptors (Lipinski definition) is 4. The molecular weight excluding hydrogens is 214 g/mol. The molecule has 17 heavy (non-hydrogen) atoms. The number of aryl methyl sites for hydroxylation is 1. The van der Waals surface area contributed by atoms with Crippen molar-refractivity contribution in [2.24, 2.45) is 5.92 Å². The first-order valence-electron chi connectivity index (χ1n) is 6.32. The monoisotopic (exact) mass is 235 g/mol. The SMILES string of the molecule is Cc1ccc(N)c(NCC2CCCCC2O)n1. The molecule has 0 aliphatic heterocycles. The Morgan fingerprint density at radius 1 is 1.41 bits per heavy atom. The molecular formula is C13H21N3O. The van der Waals surface area contributed by atoms with Crippen molar-refractivity contribution in [2.45, 2.75) is 38.7 Å². The molecule has 2 atom stereocenters. The van der Waals surface area contributed by atoms with Gasteiger partial charge in [-0.05, 0) is 31.9 Å². The summed E-state index contributed by atoms with van der Waals surface area (Å²) in [4.78, 5) is 4.36. The molecule has 0 aromatic carbocycles. The molecule has 1 aliphatic rings. The quantitative estimate of drug-likeness (QED) is 0.748. The number of nitrogen functional groups attached to an aromatic ring is 1. The molecule has 0 bridgehead atoms. The minimum atomic E-state index is -0.178. The minimum absolute atomic E-state index is 0.178. The second kappa shape index (κ2) is 5.36. The molecule has 1 aromatic heterocycles. The fourth-order valence-corrected chi connectivity index (χ4v) is 2.36. The molecule has 0 amide bonds. The fourth-order valence-electron chi connectivity index (χ4n) is 2.36. The third-order valence-electron chi connectivity index (χ3n) is 3.47. The van der Waals surface area contributed by atoms with Crippen LogP contribution in [-0.2, 0) is 0 Å². The van der Waals surface area contributed by atoms with Crippen LogP contribution in [0.5, 0.6) is 0 Å². The molecule has 0 saturated heterocycles. The highest BCUT2D eigenvalue weighted by Crippen LogP contribution is 2.25. The predicted octanol–water partition coefficient (Wildman–Crippen LogP) is 1.94. The summed E-state index contributed by atoms with van der Waals surface area (Å²) in [6, 6.07) is 3.76. The number of aliphatic hydroxyl groups excluding tert-OH is 1. The second-order valence-electron chi connectivity index (χ2n) is 4.88. The standard InChI is InChI=1S/C13H21N3O/c1-9-6-7-11(14)13(16-9)15-8-10-4-2-3-5-12(10)17/h6-7,10,12,17H,2-5,8,14H2,1H3,(H,15,16). The lowest BCUT2D eigenvalue weighted by Gasteiger charge is -2.28. The molecule has 0 radical (unpaired) electrons. The van der Waals surface area contributed by atoms with Gasteiger partial charge in [0.05, 0.1) is 11.8 Å². The van der Waals surface area contributed by atoms with Gasteiger partial charge in [0.2, 0.25) is 0 Å². The highest BCUT2D eigenvalue weighted by molar-refractivity contribution is 5.61. The van der Waals surface area contributed by atoms with Gasteiger partial charge in [-0.15, -0.1) is 0 Å². The highest BCUT2D eigenvalue weighted by Gasteiger charge is 2.22. The number of aliphatic hydroxyl groups is 1. The van der Waals surface area contributed by atoms with Gasteiger partial charge in [-0.1, -0.05) is 12.8 Å². The maximum Gasteiger partial charge on any atom is 0.149 e. The maximum absolute atomic E-state index is 9.88. The van der Waals surface area contributed by atoms with Crippen molar-refractivity contribution in [2.75, 3.05) is 17.6 Å². The number of rotatable bonds is 3. The van der Waals surface area contributed by atoms with Crippen molar-refractivity contribution in [3.63, 3.8) is 0 Å². The zero-order valence-electron chi connectivity index (χ0n) is 10.3. The Morgan fingerprint density at radius 3 is 2.94 bits per heavy atom. The van der Waals surface area contributed by atoms with Crippen LogP contribution in [-0.4, -0.2) is 22.7 Å². The zero-order chi connectivity index (χ0) is 12.3. The minimum Gasteiger partial charge on any atom is -0.396 e.